The van der Waals surface area contributed by atoms with Crippen LogP contribution in [0.5, 0.6) is 5.75 Å². The summed E-state index contributed by atoms with van der Waals surface area (Å²) in [5.74, 6) is 0.828. The summed E-state index contributed by atoms with van der Waals surface area (Å²) in [5.41, 5.74) is 1.19. The highest BCUT2D eigenvalue weighted by molar-refractivity contribution is 5.90. The molecule has 100 valence electrons. The summed E-state index contributed by atoms with van der Waals surface area (Å²) < 4.78 is 5.56. The maximum atomic E-state index is 11.8. The predicted molar refractivity (Wildman–Crippen MR) is 70.0 cm³/mol. The number of amides is 1. The molecule has 0 fully saturated rings. The predicted octanol–water partition coefficient (Wildman–Crippen LogP) is 1.26. The summed E-state index contributed by atoms with van der Waals surface area (Å²) in [6.07, 6.45) is 1.31. The molecule has 0 spiro atoms. The van der Waals surface area contributed by atoms with Gasteiger partial charge in [0.2, 0.25) is 5.82 Å². The van der Waals surface area contributed by atoms with Crippen LogP contribution >= 0.6 is 0 Å². The number of likely N-dealkylation sites (N-methyl/N-ethyl adjacent to an activating group) is 1. The number of hydrogen-bond donors (Lipinski definition) is 1. The van der Waals surface area contributed by atoms with Gasteiger partial charge in [0, 0.05) is 7.05 Å². The molecule has 0 aliphatic heterocycles. The minimum Gasteiger partial charge on any atom is -0.492 e. The molecular formula is C13H16N4O2. The number of carbonyl (C=O) groups excluding carboxylic acids is 1. The average molecular weight is 260 g/mol. The average Bonchev–Trinajstić information content (AvgIpc) is 2.94. The zero-order valence-electron chi connectivity index (χ0n) is 11.0. The second-order valence-electron chi connectivity index (χ2n) is 4.22. The van der Waals surface area contributed by atoms with Gasteiger partial charge in [-0.05, 0) is 19.1 Å². The molecule has 1 aromatic carbocycles. The fraction of sp³-hybridized carbons (Fsp3) is 0.308. The highest BCUT2D eigenvalue weighted by Gasteiger charge is 2.13. The molecule has 1 amide bonds. The van der Waals surface area contributed by atoms with Crippen molar-refractivity contribution in [1.29, 1.82) is 0 Å². The van der Waals surface area contributed by atoms with Gasteiger partial charge < -0.3 is 9.64 Å². The molecular weight excluding hydrogens is 244 g/mol. The maximum absolute atomic E-state index is 11.8. The monoisotopic (exact) mass is 260 g/mol. The van der Waals surface area contributed by atoms with Crippen molar-refractivity contribution in [3.63, 3.8) is 0 Å². The third-order valence-electron chi connectivity index (χ3n) is 2.68. The van der Waals surface area contributed by atoms with Crippen LogP contribution < -0.4 is 4.74 Å². The topological polar surface area (TPSA) is 71.1 Å². The van der Waals surface area contributed by atoms with Crippen molar-refractivity contribution < 1.29 is 9.53 Å². The maximum Gasteiger partial charge on any atom is 0.291 e. The summed E-state index contributed by atoms with van der Waals surface area (Å²) in [5, 5.41) is 6.19. The molecule has 2 rings (SSSR count). The standard InChI is InChI=1S/C13H16N4O2/c1-10-3-5-11(6-4-10)19-8-7-17(2)13(18)12-14-9-15-16-12/h3-6,9H,7-8H2,1-2H3,(H,14,15,16). The van der Waals surface area contributed by atoms with E-state index in [0.29, 0.717) is 13.2 Å². The summed E-state index contributed by atoms with van der Waals surface area (Å²) in [6.45, 7) is 2.93. The first-order chi connectivity index (χ1) is 9.16. The first-order valence-corrected chi connectivity index (χ1v) is 5.97. The lowest BCUT2D eigenvalue weighted by molar-refractivity contribution is 0.0762. The molecule has 0 atom stereocenters. The van der Waals surface area contributed by atoms with E-state index >= 15 is 0 Å². The number of ether oxygens (including phenoxy) is 1. The molecule has 0 saturated heterocycles. The van der Waals surface area contributed by atoms with Crippen molar-refractivity contribution in [2.45, 2.75) is 6.92 Å². The van der Waals surface area contributed by atoms with E-state index in [1.54, 1.807) is 7.05 Å². The first kappa shape index (κ1) is 13.1. The van der Waals surface area contributed by atoms with Gasteiger partial charge in [-0.2, -0.15) is 5.10 Å². The fourth-order valence-electron chi connectivity index (χ4n) is 1.53. The third kappa shape index (κ3) is 3.54. The second-order valence-corrected chi connectivity index (χ2v) is 4.22. The molecule has 1 aromatic heterocycles. The Morgan fingerprint density at radius 1 is 1.37 bits per heavy atom. The van der Waals surface area contributed by atoms with Crippen molar-refractivity contribution in [3.8, 4) is 5.75 Å². The molecule has 0 bridgehead atoms. The first-order valence-electron chi connectivity index (χ1n) is 5.97. The van der Waals surface area contributed by atoms with Crippen LogP contribution in [0.15, 0.2) is 30.6 Å². The highest BCUT2D eigenvalue weighted by atomic mass is 16.5. The van der Waals surface area contributed by atoms with E-state index in [9.17, 15) is 4.79 Å². The van der Waals surface area contributed by atoms with Crippen LogP contribution in [0, 0.1) is 6.92 Å². The normalized spacial score (nSPS) is 10.2. The van der Waals surface area contributed by atoms with Crippen LogP contribution in [-0.2, 0) is 0 Å². The quantitative estimate of drug-likeness (QED) is 0.878. The van der Waals surface area contributed by atoms with Crippen molar-refractivity contribution in [2.75, 3.05) is 20.2 Å². The van der Waals surface area contributed by atoms with Gasteiger partial charge in [0.25, 0.3) is 5.91 Å². The minimum atomic E-state index is -0.204. The van der Waals surface area contributed by atoms with Crippen molar-refractivity contribution in [3.05, 3.63) is 42.0 Å². The Bertz CT molecular complexity index is 522. The number of nitrogens with zero attached hydrogens (tertiary/aromatic N) is 3. The lowest BCUT2D eigenvalue weighted by atomic mass is 10.2. The van der Waals surface area contributed by atoms with Gasteiger partial charge >= 0.3 is 0 Å². The van der Waals surface area contributed by atoms with Crippen LogP contribution in [0.2, 0.25) is 0 Å². The van der Waals surface area contributed by atoms with Crippen LogP contribution in [0.25, 0.3) is 0 Å². The number of carbonyl (C=O) groups is 1. The molecule has 0 radical (unpaired) electrons. The van der Waals surface area contributed by atoms with Crippen LogP contribution in [-0.4, -0.2) is 46.2 Å². The molecule has 0 unspecified atom stereocenters. The van der Waals surface area contributed by atoms with Crippen LogP contribution in [0.3, 0.4) is 0 Å². The molecule has 0 aliphatic carbocycles. The summed E-state index contributed by atoms with van der Waals surface area (Å²) in [6, 6.07) is 7.79. The van der Waals surface area contributed by atoms with Gasteiger partial charge in [0.1, 0.15) is 18.7 Å². The molecule has 6 heteroatoms. The largest absolute Gasteiger partial charge is 0.492 e. The van der Waals surface area contributed by atoms with Gasteiger partial charge in [0.15, 0.2) is 0 Å². The van der Waals surface area contributed by atoms with Crippen molar-refractivity contribution in [1.82, 2.24) is 20.1 Å². The van der Waals surface area contributed by atoms with Gasteiger partial charge in [-0.25, -0.2) is 4.98 Å². The SMILES string of the molecule is Cc1ccc(OCCN(C)C(=O)c2ncn[nH]2)cc1. The summed E-state index contributed by atoms with van der Waals surface area (Å²) >= 11 is 0. The molecule has 0 aliphatic rings. The molecule has 2 aromatic rings. The van der Waals surface area contributed by atoms with E-state index in [0.717, 1.165) is 5.75 Å². The van der Waals surface area contributed by atoms with Crippen molar-refractivity contribution >= 4 is 5.91 Å². The molecule has 19 heavy (non-hydrogen) atoms. The number of nitrogens with one attached hydrogen (secondary N) is 1. The number of aromatic amines is 1. The number of aromatic nitrogens is 3. The van der Waals surface area contributed by atoms with Gasteiger partial charge in [0.05, 0.1) is 6.54 Å². The Hall–Kier alpha value is -2.37. The smallest absolute Gasteiger partial charge is 0.291 e. The van der Waals surface area contributed by atoms with Crippen molar-refractivity contribution in [2.24, 2.45) is 0 Å². The Balaban J connectivity index is 1.79. The van der Waals surface area contributed by atoms with E-state index in [2.05, 4.69) is 15.2 Å². The fourth-order valence-corrected chi connectivity index (χ4v) is 1.53. The number of hydrogen-bond acceptors (Lipinski definition) is 4. The zero-order chi connectivity index (χ0) is 13.7. The van der Waals surface area contributed by atoms with E-state index in [4.69, 9.17) is 4.74 Å². The minimum absolute atomic E-state index is 0.204. The van der Waals surface area contributed by atoms with E-state index in [1.807, 2.05) is 31.2 Å². The van der Waals surface area contributed by atoms with Gasteiger partial charge in [-0.15, -0.1) is 0 Å². The number of benzene rings is 1. The highest BCUT2D eigenvalue weighted by Crippen LogP contribution is 2.11. The van der Waals surface area contributed by atoms with E-state index in [1.165, 1.54) is 16.8 Å². The lowest BCUT2D eigenvalue weighted by Gasteiger charge is -2.15. The van der Waals surface area contributed by atoms with Gasteiger partial charge in [-0.1, -0.05) is 17.7 Å². The Morgan fingerprint density at radius 2 is 2.11 bits per heavy atom. The lowest BCUT2D eigenvalue weighted by Crippen LogP contribution is -2.31. The number of H-pyrrole nitrogens is 1. The number of rotatable bonds is 5. The summed E-state index contributed by atoms with van der Waals surface area (Å²) in [4.78, 5) is 17.2. The van der Waals surface area contributed by atoms with E-state index < -0.39 is 0 Å². The molecule has 1 N–H and O–H groups in total. The Labute approximate surface area is 111 Å². The molecule has 1 heterocycles. The van der Waals surface area contributed by atoms with Gasteiger partial charge in [-0.3, -0.25) is 9.89 Å². The Morgan fingerprint density at radius 3 is 2.74 bits per heavy atom. The van der Waals surface area contributed by atoms with Crippen LogP contribution in [0.4, 0.5) is 0 Å². The second kappa shape index (κ2) is 5.99. The van der Waals surface area contributed by atoms with Crippen LogP contribution in [0.1, 0.15) is 16.2 Å². The zero-order valence-corrected chi connectivity index (χ0v) is 11.0. The Kier molecular flexibility index (Phi) is 4.12. The molecule has 6 nitrogen and oxygen atoms in total. The van der Waals surface area contributed by atoms with E-state index in [-0.39, 0.29) is 11.7 Å². The molecule has 0 saturated carbocycles. The third-order valence-corrected chi connectivity index (χ3v) is 2.68. The number of aryl methyl sites for hydroxylation is 1. The summed E-state index contributed by atoms with van der Waals surface area (Å²) in [7, 11) is 1.70.